The van der Waals surface area contributed by atoms with Crippen LogP contribution in [0.2, 0.25) is 0 Å². The lowest BCUT2D eigenvalue weighted by Gasteiger charge is -1.99. The van der Waals surface area contributed by atoms with Gasteiger partial charge in [-0.1, -0.05) is 13.0 Å². The number of pyridine rings is 1. The summed E-state index contributed by atoms with van der Waals surface area (Å²) < 4.78 is 0. The highest BCUT2D eigenvalue weighted by Crippen LogP contribution is 2.26. The molecule has 3 nitrogen and oxygen atoms in total. The van der Waals surface area contributed by atoms with Crippen molar-refractivity contribution in [1.82, 2.24) is 9.97 Å². The van der Waals surface area contributed by atoms with Gasteiger partial charge in [0.1, 0.15) is 5.01 Å². The second kappa shape index (κ2) is 4.86. The van der Waals surface area contributed by atoms with Crippen LogP contribution in [0.25, 0.3) is 11.4 Å². The number of nitriles is 1. The van der Waals surface area contributed by atoms with Crippen LogP contribution < -0.4 is 0 Å². The Bertz CT molecular complexity index is 498. The largest absolute Gasteiger partial charge is 0.255 e. The molecular weight excluding hydrogens is 218 g/mol. The summed E-state index contributed by atoms with van der Waals surface area (Å²) in [4.78, 5) is 8.69. The Morgan fingerprint density at radius 3 is 2.94 bits per heavy atom. The standard InChI is InChI=1S/C12H11N3S/c1-2-9(7-13)12-15-11(8-16-12)10-5-3-4-6-14-10/h3-6,8-9H,2H2,1H3. The minimum absolute atomic E-state index is 0.0949. The lowest BCUT2D eigenvalue weighted by atomic mass is 10.1. The van der Waals surface area contributed by atoms with E-state index >= 15 is 0 Å². The summed E-state index contributed by atoms with van der Waals surface area (Å²) in [6.07, 6.45) is 2.54. The van der Waals surface area contributed by atoms with Crippen LogP contribution in [0.1, 0.15) is 24.3 Å². The maximum absolute atomic E-state index is 8.96. The first-order chi connectivity index (χ1) is 7.85. The molecule has 0 saturated heterocycles. The van der Waals surface area contributed by atoms with E-state index in [0.717, 1.165) is 22.8 Å². The highest BCUT2D eigenvalue weighted by atomic mass is 32.1. The van der Waals surface area contributed by atoms with Crippen molar-refractivity contribution < 1.29 is 0 Å². The molecule has 0 aromatic carbocycles. The zero-order valence-corrected chi connectivity index (χ0v) is 9.74. The average molecular weight is 229 g/mol. The van der Waals surface area contributed by atoms with Gasteiger partial charge in [0.05, 0.1) is 23.4 Å². The summed E-state index contributed by atoms with van der Waals surface area (Å²) in [6, 6.07) is 7.99. The first-order valence-corrected chi connectivity index (χ1v) is 5.99. The molecule has 0 saturated carbocycles. The minimum Gasteiger partial charge on any atom is -0.255 e. The highest BCUT2D eigenvalue weighted by molar-refractivity contribution is 7.10. The van der Waals surface area contributed by atoms with Crippen LogP contribution in [0.3, 0.4) is 0 Å². The van der Waals surface area contributed by atoms with Gasteiger partial charge in [-0.15, -0.1) is 11.3 Å². The number of nitrogens with zero attached hydrogens (tertiary/aromatic N) is 3. The third-order valence-corrected chi connectivity index (χ3v) is 3.27. The molecule has 0 aliphatic carbocycles. The van der Waals surface area contributed by atoms with Gasteiger partial charge in [0.25, 0.3) is 0 Å². The molecule has 4 heteroatoms. The predicted molar refractivity (Wildman–Crippen MR) is 64.0 cm³/mol. The lowest BCUT2D eigenvalue weighted by molar-refractivity contribution is 0.809. The molecule has 0 amide bonds. The van der Waals surface area contributed by atoms with Gasteiger partial charge in [-0.25, -0.2) is 4.98 Å². The van der Waals surface area contributed by atoms with Gasteiger partial charge in [0.15, 0.2) is 0 Å². The lowest BCUT2D eigenvalue weighted by Crippen LogP contribution is -1.92. The van der Waals surface area contributed by atoms with Gasteiger partial charge in [0.2, 0.25) is 0 Å². The Morgan fingerprint density at radius 1 is 1.44 bits per heavy atom. The third kappa shape index (κ3) is 2.10. The van der Waals surface area contributed by atoms with Gasteiger partial charge < -0.3 is 0 Å². The summed E-state index contributed by atoms with van der Waals surface area (Å²) in [5, 5.41) is 11.8. The normalized spacial score (nSPS) is 12.0. The molecule has 0 aliphatic heterocycles. The molecule has 80 valence electrons. The van der Waals surface area contributed by atoms with Crippen molar-refractivity contribution in [2.75, 3.05) is 0 Å². The number of thiazole rings is 1. The summed E-state index contributed by atoms with van der Waals surface area (Å²) in [5.41, 5.74) is 1.71. The molecule has 0 N–H and O–H groups in total. The average Bonchev–Trinajstić information content (AvgIpc) is 2.81. The molecule has 0 fully saturated rings. The molecule has 1 unspecified atom stereocenters. The topological polar surface area (TPSA) is 49.6 Å². The zero-order valence-electron chi connectivity index (χ0n) is 8.92. The first kappa shape index (κ1) is 10.8. The van der Waals surface area contributed by atoms with E-state index in [1.165, 1.54) is 11.3 Å². The van der Waals surface area contributed by atoms with Crippen LogP contribution in [0.4, 0.5) is 0 Å². The van der Waals surface area contributed by atoms with E-state index < -0.39 is 0 Å². The van der Waals surface area contributed by atoms with Crippen molar-refractivity contribution in [1.29, 1.82) is 5.26 Å². The van der Waals surface area contributed by atoms with E-state index in [2.05, 4.69) is 16.0 Å². The summed E-state index contributed by atoms with van der Waals surface area (Å²) in [5.74, 6) is -0.0949. The van der Waals surface area contributed by atoms with Crippen LogP contribution in [-0.4, -0.2) is 9.97 Å². The van der Waals surface area contributed by atoms with Crippen LogP contribution in [0, 0.1) is 11.3 Å². The summed E-state index contributed by atoms with van der Waals surface area (Å²) in [6.45, 7) is 2.00. The Morgan fingerprint density at radius 2 is 2.31 bits per heavy atom. The second-order valence-corrected chi connectivity index (χ2v) is 4.27. The van der Waals surface area contributed by atoms with Crippen molar-refractivity contribution >= 4 is 11.3 Å². The van der Waals surface area contributed by atoms with Crippen molar-refractivity contribution in [3.63, 3.8) is 0 Å². The molecule has 2 rings (SSSR count). The maximum Gasteiger partial charge on any atom is 0.111 e. The molecule has 2 aromatic rings. The molecule has 2 aromatic heterocycles. The maximum atomic E-state index is 8.96. The molecule has 2 heterocycles. The van der Waals surface area contributed by atoms with Gasteiger partial charge in [-0.3, -0.25) is 4.98 Å². The minimum atomic E-state index is -0.0949. The van der Waals surface area contributed by atoms with Crippen LogP contribution in [-0.2, 0) is 0 Å². The monoisotopic (exact) mass is 229 g/mol. The van der Waals surface area contributed by atoms with E-state index in [1.54, 1.807) is 6.20 Å². The molecule has 0 spiro atoms. The zero-order chi connectivity index (χ0) is 11.4. The molecule has 0 aliphatic rings. The van der Waals surface area contributed by atoms with Gasteiger partial charge in [-0.2, -0.15) is 5.26 Å². The van der Waals surface area contributed by atoms with Crippen LogP contribution in [0.5, 0.6) is 0 Å². The van der Waals surface area contributed by atoms with Crippen LogP contribution >= 0.6 is 11.3 Å². The summed E-state index contributed by atoms with van der Waals surface area (Å²) in [7, 11) is 0. The van der Waals surface area contributed by atoms with E-state index in [-0.39, 0.29) is 5.92 Å². The quantitative estimate of drug-likeness (QED) is 0.812. The van der Waals surface area contributed by atoms with Crippen molar-refractivity contribution in [2.45, 2.75) is 19.3 Å². The van der Waals surface area contributed by atoms with Gasteiger partial charge >= 0.3 is 0 Å². The van der Waals surface area contributed by atoms with Crippen molar-refractivity contribution in [3.8, 4) is 17.5 Å². The van der Waals surface area contributed by atoms with E-state index in [4.69, 9.17) is 5.26 Å². The number of rotatable bonds is 3. The highest BCUT2D eigenvalue weighted by Gasteiger charge is 2.13. The Labute approximate surface area is 98.4 Å². The van der Waals surface area contributed by atoms with Gasteiger partial charge in [-0.05, 0) is 18.6 Å². The molecule has 1 atom stereocenters. The smallest absolute Gasteiger partial charge is 0.111 e. The van der Waals surface area contributed by atoms with Crippen molar-refractivity contribution in [2.24, 2.45) is 0 Å². The summed E-state index contributed by atoms with van der Waals surface area (Å²) >= 11 is 1.53. The third-order valence-electron chi connectivity index (χ3n) is 2.31. The SMILES string of the molecule is CCC(C#N)c1nc(-c2ccccn2)cs1. The Kier molecular flexibility index (Phi) is 3.28. The second-order valence-electron chi connectivity index (χ2n) is 3.38. The Hall–Kier alpha value is -1.73. The first-order valence-electron chi connectivity index (χ1n) is 5.11. The van der Waals surface area contributed by atoms with E-state index in [9.17, 15) is 0 Å². The van der Waals surface area contributed by atoms with Crippen molar-refractivity contribution in [3.05, 3.63) is 34.8 Å². The molecule has 0 bridgehead atoms. The fourth-order valence-corrected chi connectivity index (χ4v) is 2.34. The van der Waals surface area contributed by atoms with Crippen LogP contribution in [0.15, 0.2) is 29.8 Å². The number of hydrogen-bond acceptors (Lipinski definition) is 4. The van der Waals surface area contributed by atoms with Gasteiger partial charge in [0, 0.05) is 11.6 Å². The fraction of sp³-hybridized carbons (Fsp3) is 0.250. The van der Waals surface area contributed by atoms with E-state index in [0.29, 0.717) is 0 Å². The number of aromatic nitrogens is 2. The van der Waals surface area contributed by atoms with E-state index in [1.807, 2.05) is 30.5 Å². The Balaban J connectivity index is 2.30. The molecular formula is C12H11N3S. The fourth-order valence-electron chi connectivity index (χ4n) is 1.40. The molecule has 0 radical (unpaired) electrons. The predicted octanol–water partition coefficient (Wildman–Crippen LogP) is 3.22. The number of hydrogen-bond donors (Lipinski definition) is 0. The molecule has 16 heavy (non-hydrogen) atoms.